The van der Waals surface area contributed by atoms with Gasteiger partial charge >= 0.3 is 0 Å². The fourth-order valence-electron chi connectivity index (χ4n) is 2.19. The van der Waals surface area contributed by atoms with Gasteiger partial charge in [-0.15, -0.1) is 22.0 Å². The average Bonchev–Trinajstić information content (AvgIpc) is 2.98. The van der Waals surface area contributed by atoms with Crippen LogP contribution in [0.3, 0.4) is 0 Å². The van der Waals surface area contributed by atoms with Gasteiger partial charge in [0, 0.05) is 11.9 Å². The molecule has 0 aliphatic rings. The largest absolute Gasteiger partial charge is 0.348 e. The molecule has 2 heterocycles. The van der Waals surface area contributed by atoms with E-state index in [9.17, 15) is 4.79 Å². The standard InChI is InChI=1S/C17H18N4OS/c1-13-5-7-14(8-6-13)11-23-12-17(22)18-10-16-20-19-15-4-2-3-9-21(15)16/h2-9H,10-12H2,1H3,(H,18,22). The minimum absolute atomic E-state index is 0.00907. The van der Waals surface area contributed by atoms with Gasteiger partial charge in [0.2, 0.25) is 5.91 Å². The first-order chi connectivity index (χ1) is 11.2. The van der Waals surface area contributed by atoms with Crippen molar-refractivity contribution in [2.75, 3.05) is 5.75 Å². The number of carbonyl (C=O) groups is 1. The summed E-state index contributed by atoms with van der Waals surface area (Å²) in [5.74, 6) is 2.01. The Hall–Kier alpha value is -2.34. The third-order valence-corrected chi connectivity index (χ3v) is 4.45. The average molecular weight is 326 g/mol. The van der Waals surface area contributed by atoms with Crippen LogP contribution in [0.25, 0.3) is 5.65 Å². The van der Waals surface area contributed by atoms with Crippen molar-refractivity contribution in [2.24, 2.45) is 0 Å². The molecule has 3 rings (SSSR count). The minimum Gasteiger partial charge on any atom is -0.348 e. The van der Waals surface area contributed by atoms with E-state index in [1.165, 1.54) is 11.1 Å². The Bertz CT molecular complexity index is 798. The number of rotatable bonds is 6. The van der Waals surface area contributed by atoms with Crippen molar-refractivity contribution in [1.29, 1.82) is 0 Å². The first-order valence-corrected chi connectivity index (χ1v) is 8.56. The molecule has 3 aromatic rings. The number of fused-ring (bicyclic) bond motifs is 1. The molecule has 0 fully saturated rings. The van der Waals surface area contributed by atoms with Crippen molar-refractivity contribution in [3.63, 3.8) is 0 Å². The molecule has 0 radical (unpaired) electrons. The number of amides is 1. The van der Waals surface area contributed by atoms with Crippen LogP contribution in [0.4, 0.5) is 0 Å². The van der Waals surface area contributed by atoms with Crippen molar-refractivity contribution < 1.29 is 4.79 Å². The Morgan fingerprint density at radius 3 is 2.83 bits per heavy atom. The second-order valence-electron chi connectivity index (χ2n) is 5.30. The molecular formula is C17H18N4OS. The van der Waals surface area contributed by atoms with E-state index in [0.717, 1.165) is 17.2 Å². The van der Waals surface area contributed by atoms with Gasteiger partial charge in [-0.1, -0.05) is 35.9 Å². The van der Waals surface area contributed by atoms with Crippen LogP contribution in [0.15, 0.2) is 48.7 Å². The predicted molar refractivity (Wildman–Crippen MR) is 92.2 cm³/mol. The maximum atomic E-state index is 11.9. The van der Waals surface area contributed by atoms with Gasteiger partial charge in [0.15, 0.2) is 11.5 Å². The third kappa shape index (κ3) is 4.10. The number of nitrogens with one attached hydrogen (secondary N) is 1. The van der Waals surface area contributed by atoms with E-state index in [-0.39, 0.29) is 5.91 Å². The number of thioether (sulfide) groups is 1. The molecule has 0 saturated carbocycles. The lowest BCUT2D eigenvalue weighted by atomic mass is 10.2. The van der Waals surface area contributed by atoms with Crippen LogP contribution in [0.2, 0.25) is 0 Å². The molecule has 0 spiro atoms. The SMILES string of the molecule is Cc1ccc(CSCC(=O)NCc2nnc3ccccn23)cc1. The summed E-state index contributed by atoms with van der Waals surface area (Å²) in [6.07, 6.45) is 1.89. The van der Waals surface area contributed by atoms with Gasteiger partial charge in [-0.2, -0.15) is 0 Å². The lowest BCUT2D eigenvalue weighted by Crippen LogP contribution is -2.25. The fourth-order valence-corrected chi connectivity index (χ4v) is 3.00. The number of hydrogen-bond acceptors (Lipinski definition) is 4. The molecule has 0 bridgehead atoms. The molecule has 0 saturated heterocycles. The van der Waals surface area contributed by atoms with Crippen LogP contribution < -0.4 is 5.32 Å². The highest BCUT2D eigenvalue weighted by Crippen LogP contribution is 2.12. The number of carbonyl (C=O) groups excluding carboxylic acids is 1. The van der Waals surface area contributed by atoms with E-state index in [2.05, 4.69) is 46.7 Å². The molecule has 118 valence electrons. The number of pyridine rings is 1. The molecule has 2 aromatic heterocycles. The molecule has 1 amide bonds. The highest BCUT2D eigenvalue weighted by Gasteiger charge is 2.07. The summed E-state index contributed by atoms with van der Waals surface area (Å²) >= 11 is 1.61. The van der Waals surface area contributed by atoms with Gasteiger partial charge in [-0.3, -0.25) is 9.20 Å². The minimum atomic E-state index is 0.00907. The summed E-state index contributed by atoms with van der Waals surface area (Å²) in [6, 6.07) is 14.1. The van der Waals surface area contributed by atoms with Crippen molar-refractivity contribution in [2.45, 2.75) is 19.2 Å². The number of aromatic nitrogens is 3. The van der Waals surface area contributed by atoms with Crippen LogP contribution in [0.1, 0.15) is 17.0 Å². The summed E-state index contributed by atoms with van der Waals surface area (Å²) in [5.41, 5.74) is 3.26. The zero-order chi connectivity index (χ0) is 16.1. The van der Waals surface area contributed by atoms with Gasteiger partial charge in [0.05, 0.1) is 12.3 Å². The summed E-state index contributed by atoms with van der Waals surface area (Å²) in [7, 11) is 0. The quantitative estimate of drug-likeness (QED) is 0.756. The summed E-state index contributed by atoms with van der Waals surface area (Å²) in [5, 5.41) is 11.0. The highest BCUT2D eigenvalue weighted by molar-refractivity contribution is 7.99. The van der Waals surface area contributed by atoms with Crippen molar-refractivity contribution in [3.8, 4) is 0 Å². The molecule has 0 aliphatic carbocycles. The van der Waals surface area contributed by atoms with E-state index >= 15 is 0 Å². The van der Waals surface area contributed by atoms with Crippen molar-refractivity contribution >= 4 is 23.3 Å². The zero-order valence-electron chi connectivity index (χ0n) is 12.9. The van der Waals surface area contributed by atoms with Crippen molar-refractivity contribution in [3.05, 3.63) is 65.6 Å². The Labute approximate surface area is 139 Å². The zero-order valence-corrected chi connectivity index (χ0v) is 13.7. The molecule has 0 unspecified atom stereocenters. The smallest absolute Gasteiger partial charge is 0.230 e. The third-order valence-electron chi connectivity index (χ3n) is 3.45. The first kappa shape index (κ1) is 15.6. The number of aryl methyl sites for hydroxylation is 1. The van der Waals surface area contributed by atoms with Gasteiger partial charge in [-0.05, 0) is 24.6 Å². The lowest BCUT2D eigenvalue weighted by molar-refractivity contribution is -0.118. The highest BCUT2D eigenvalue weighted by atomic mass is 32.2. The van der Waals surface area contributed by atoms with Crippen LogP contribution >= 0.6 is 11.8 Å². The second kappa shape index (κ2) is 7.28. The van der Waals surface area contributed by atoms with E-state index in [0.29, 0.717) is 12.3 Å². The van der Waals surface area contributed by atoms with Crippen LogP contribution in [0, 0.1) is 6.92 Å². The molecule has 5 nitrogen and oxygen atoms in total. The first-order valence-electron chi connectivity index (χ1n) is 7.41. The molecule has 6 heteroatoms. The normalized spacial score (nSPS) is 10.8. The summed E-state index contributed by atoms with van der Waals surface area (Å²) in [4.78, 5) is 11.9. The topological polar surface area (TPSA) is 59.3 Å². The monoisotopic (exact) mass is 326 g/mol. The Morgan fingerprint density at radius 2 is 2.00 bits per heavy atom. The lowest BCUT2D eigenvalue weighted by Gasteiger charge is -2.05. The van der Waals surface area contributed by atoms with Gasteiger partial charge in [-0.25, -0.2) is 0 Å². The van der Waals surface area contributed by atoms with E-state index in [1.54, 1.807) is 11.8 Å². The summed E-state index contributed by atoms with van der Waals surface area (Å²) in [6.45, 7) is 2.45. The summed E-state index contributed by atoms with van der Waals surface area (Å²) < 4.78 is 1.87. The van der Waals surface area contributed by atoms with Crippen LogP contribution in [-0.4, -0.2) is 26.3 Å². The van der Waals surface area contributed by atoms with Crippen LogP contribution in [-0.2, 0) is 17.1 Å². The van der Waals surface area contributed by atoms with E-state index in [4.69, 9.17) is 0 Å². The number of benzene rings is 1. The molecule has 1 N–H and O–H groups in total. The van der Waals surface area contributed by atoms with Gasteiger partial charge in [0.1, 0.15) is 0 Å². The molecule has 23 heavy (non-hydrogen) atoms. The van der Waals surface area contributed by atoms with Gasteiger partial charge < -0.3 is 5.32 Å². The number of nitrogens with zero attached hydrogens (tertiary/aromatic N) is 3. The molecule has 1 aromatic carbocycles. The predicted octanol–water partition coefficient (Wildman–Crippen LogP) is 2.59. The fraction of sp³-hybridized carbons (Fsp3) is 0.235. The maximum absolute atomic E-state index is 11.9. The van der Waals surface area contributed by atoms with E-state index in [1.807, 2.05) is 28.8 Å². The molecule has 0 atom stereocenters. The van der Waals surface area contributed by atoms with Crippen molar-refractivity contribution in [1.82, 2.24) is 19.9 Å². The van der Waals surface area contributed by atoms with Gasteiger partial charge in [0.25, 0.3) is 0 Å². The Balaban J connectivity index is 1.45. The molecule has 0 aliphatic heterocycles. The Morgan fingerprint density at radius 1 is 1.17 bits per heavy atom. The molecular weight excluding hydrogens is 308 g/mol. The van der Waals surface area contributed by atoms with Crippen LogP contribution in [0.5, 0.6) is 0 Å². The maximum Gasteiger partial charge on any atom is 0.230 e. The van der Waals surface area contributed by atoms with E-state index < -0.39 is 0 Å². The second-order valence-corrected chi connectivity index (χ2v) is 6.29. The Kier molecular flexibility index (Phi) is 4.92. The number of hydrogen-bond donors (Lipinski definition) is 1.